The molecule has 0 spiro atoms. The number of piperazine rings is 1. The second-order valence-electron chi connectivity index (χ2n) is 5.06. The van der Waals surface area contributed by atoms with Crippen LogP contribution in [0.5, 0.6) is 0 Å². The van der Waals surface area contributed by atoms with Gasteiger partial charge in [0.15, 0.2) is 0 Å². The Morgan fingerprint density at radius 2 is 1.95 bits per heavy atom. The third kappa shape index (κ3) is 2.74. The summed E-state index contributed by atoms with van der Waals surface area (Å²) in [6, 6.07) is 4.45. The Kier molecular flexibility index (Phi) is 3.60. The Bertz CT molecular complexity index is 700. The van der Waals surface area contributed by atoms with Gasteiger partial charge >= 0.3 is 0 Å². The number of likely N-dealkylation sites (N-methyl/N-ethyl adjacent to an activating group) is 1. The summed E-state index contributed by atoms with van der Waals surface area (Å²) in [5.41, 5.74) is 0.606. The normalized spacial score (nSPS) is 16.4. The Labute approximate surface area is 126 Å². The maximum atomic E-state index is 10.8. The third-order valence-corrected chi connectivity index (χ3v) is 3.91. The molecule has 1 fully saturated rings. The molecule has 2 heterocycles. The molecule has 0 atom stereocenters. The first kappa shape index (κ1) is 14.0. The van der Waals surface area contributed by atoms with Crippen LogP contribution in [0, 0.1) is 10.1 Å². The van der Waals surface area contributed by atoms with E-state index in [9.17, 15) is 10.1 Å². The number of fused-ring (bicyclic) bond motifs is 1. The molecular weight excluding hydrogens is 294 g/mol. The topological polar surface area (TPSA) is 75.4 Å². The molecule has 1 saturated heterocycles. The van der Waals surface area contributed by atoms with Crippen molar-refractivity contribution in [3.63, 3.8) is 0 Å². The van der Waals surface area contributed by atoms with Crippen molar-refractivity contribution in [2.45, 2.75) is 0 Å². The minimum Gasteiger partial charge on any atom is -0.338 e. The highest BCUT2D eigenvalue weighted by molar-refractivity contribution is 6.34. The summed E-state index contributed by atoms with van der Waals surface area (Å²) in [5.74, 6) is 0.578. The standard InChI is InChI=1S/C13H14ClN5O2/c1-17-4-6-18(7-5-17)13-15-11-3-2-9(19(20)21)8-10(11)12(14)16-13/h2-3,8H,4-7H2,1H3. The van der Waals surface area contributed by atoms with E-state index >= 15 is 0 Å². The lowest BCUT2D eigenvalue weighted by Gasteiger charge is -2.32. The molecule has 0 saturated carbocycles. The van der Waals surface area contributed by atoms with Gasteiger partial charge in [-0.3, -0.25) is 10.1 Å². The van der Waals surface area contributed by atoms with Crippen molar-refractivity contribution in [2.24, 2.45) is 0 Å². The number of nitro benzene ring substituents is 1. The Hall–Kier alpha value is -1.99. The van der Waals surface area contributed by atoms with Crippen molar-refractivity contribution in [1.29, 1.82) is 0 Å². The zero-order valence-corrected chi connectivity index (χ0v) is 12.2. The first-order chi connectivity index (χ1) is 10.0. The molecular formula is C13H14ClN5O2. The summed E-state index contributed by atoms with van der Waals surface area (Å²) < 4.78 is 0. The van der Waals surface area contributed by atoms with Crippen LogP contribution < -0.4 is 4.90 Å². The quantitative estimate of drug-likeness (QED) is 0.479. The first-order valence-corrected chi connectivity index (χ1v) is 6.97. The van der Waals surface area contributed by atoms with E-state index in [1.54, 1.807) is 6.07 Å². The van der Waals surface area contributed by atoms with Crippen molar-refractivity contribution in [3.05, 3.63) is 33.5 Å². The van der Waals surface area contributed by atoms with Gasteiger partial charge < -0.3 is 9.80 Å². The lowest BCUT2D eigenvalue weighted by Crippen LogP contribution is -2.45. The van der Waals surface area contributed by atoms with Crippen LogP contribution in [0.2, 0.25) is 5.15 Å². The molecule has 1 aromatic heterocycles. The lowest BCUT2D eigenvalue weighted by molar-refractivity contribution is -0.384. The molecule has 3 rings (SSSR count). The average Bonchev–Trinajstić information content (AvgIpc) is 2.47. The second-order valence-corrected chi connectivity index (χ2v) is 5.42. The number of anilines is 1. The monoisotopic (exact) mass is 307 g/mol. The maximum Gasteiger partial charge on any atom is 0.270 e. The van der Waals surface area contributed by atoms with Gasteiger partial charge in [-0.15, -0.1) is 0 Å². The van der Waals surface area contributed by atoms with Crippen LogP contribution in [-0.2, 0) is 0 Å². The van der Waals surface area contributed by atoms with Crippen molar-refractivity contribution in [1.82, 2.24) is 14.9 Å². The fourth-order valence-corrected chi connectivity index (χ4v) is 2.56. The van der Waals surface area contributed by atoms with Crippen LogP contribution in [0.1, 0.15) is 0 Å². The molecule has 0 aliphatic carbocycles. The highest BCUT2D eigenvalue weighted by Crippen LogP contribution is 2.27. The van der Waals surface area contributed by atoms with Gasteiger partial charge in [-0.05, 0) is 13.1 Å². The third-order valence-electron chi connectivity index (χ3n) is 3.62. The number of hydrogen-bond acceptors (Lipinski definition) is 6. The summed E-state index contributed by atoms with van der Waals surface area (Å²) in [4.78, 5) is 23.4. The van der Waals surface area contributed by atoms with Crippen molar-refractivity contribution in [2.75, 3.05) is 38.1 Å². The molecule has 0 unspecified atom stereocenters. The fourth-order valence-electron chi connectivity index (χ4n) is 2.33. The van der Waals surface area contributed by atoms with Gasteiger partial charge in [0.2, 0.25) is 5.95 Å². The number of benzene rings is 1. The Morgan fingerprint density at radius 1 is 1.24 bits per heavy atom. The van der Waals surface area contributed by atoms with E-state index in [1.807, 2.05) is 0 Å². The summed E-state index contributed by atoms with van der Waals surface area (Å²) in [6.07, 6.45) is 0. The van der Waals surface area contributed by atoms with Crippen molar-refractivity contribution < 1.29 is 4.92 Å². The van der Waals surface area contributed by atoms with Crippen molar-refractivity contribution >= 4 is 34.1 Å². The van der Waals surface area contributed by atoms with E-state index in [1.165, 1.54) is 12.1 Å². The highest BCUT2D eigenvalue weighted by atomic mass is 35.5. The summed E-state index contributed by atoms with van der Waals surface area (Å²) in [5, 5.41) is 11.6. The molecule has 8 heteroatoms. The first-order valence-electron chi connectivity index (χ1n) is 6.60. The maximum absolute atomic E-state index is 10.8. The number of hydrogen-bond donors (Lipinski definition) is 0. The van der Waals surface area contributed by atoms with Crippen LogP contribution >= 0.6 is 11.6 Å². The molecule has 0 bridgehead atoms. The number of aromatic nitrogens is 2. The SMILES string of the molecule is CN1CCN(c2nc(Cl)c3cc([N+](=O)[O-])ccc3n2)CC1. The van der Waals surface area contributed by atoms with Crippen LogP contribution in [0.4, 0.5) is 11.6 Å². The second kappa shape index (κ2) is 5.42. The van der Waals surface area contributed by atoms with E-state index in [2.05, 4.69) is 26.8 Å². The largest absolute Gasteiger partial charge is 0.338 e. The van der Waals surface area contributed by atoms with Crippen LogP contribution in [-0.4, -0.2) is 53.0 Å². The number of nitro groups is 1. The van der Waals surface area contributed by atoms with Crippen LogP contribution in [0.3, 0.4) is 0 Å². The van der Waals surface area contributed by atoms with E-state index < -0.39 is 4.92 Å². The van der Waals surface area contributed by atoms with E-state index in [-0.39, 0.29) is 10.8 Å². The number of rotatable bonds is 2. The van der Waals surface area contributed by atoms with Crippen LogP contribution in [0.25, 0.3) is 10.9 Å². The Morgan fingerprint density at radius 3 is 2.62 bits per heavy atom. The van der Waals surface area contributed by atoms with Gasteiger partial charge in [-0.25, -0.2) is 9.97 Å². The van der Waals surface area contributed by atoms with Gasteiger partial charge in [-0.2, -0.15) is 0 Å². The molecule has 1 aromatic carbocycles. The van der Waals surface area contributed by atoms with E-state index in [0.717, 1.165) is 26.2 Å². The molecule has 21 heavy (non-hydrogen) atoms. The molecule has 110 valence electrons. The summed E-state index contributed by atoms with van der Waals surface area (Å²) in [6.45, 7) is 3.56. The van der Waals surface area contributed by atoms with Gasteiger partial charge in [-0.1, -0.05) is 11.6 Å². The summed E-state index contributed by atoms with van der Waals surface area (Å²) in [7, 11) is 2.07. The zero-order valence-electron chi connectivity index (χ0n) is 11.5. The number of halogens is 1. The van der Waals surface area contributed by atoms with Gasteiger partial charge in [0.05, 0.1) is 10.4 Å². The van der Waals surface area contributed by atoms with E-state index in [4.69, 9.17) is 11.6 Å². The van der Waals surface area contributed by atoms with Gasteiger partial charge in [0.25, 0.3) is 5.69 Å². The molecule has 2 aromatic rings. The van der Waals surface area contributed by atoms with Gasteiger partial charge in [0.1, 0.15) is 5.15 Å². The van der Waals surface area contributed by atoms with Crippen LogP contribution in [0.15, 0.2) is 18.2 Å². The molecule has 0 N–H and O–H groups in total. The smallest absolute Gasteiger partial charge is 0.270 e. The average molecular weight is 308 g/mol. The minimum atomic E-state index is -0.454. The predicted octanol–water partition coefficient (Wildman–Crippen LogP) is 1.94. The lowest BCUT2D eigenvalue weighted by atomic mass is 10.2. The molecule has 1 aliphatic heterocycles. The molecule has 0 radical (unpaired) electrons. The minimum absolute atomic E-state index is 0.0136. The molecule has 7 nitrogen and oxygen atoms in total. The fraction of sp³-hybridized carbons (Fsp3) is 0.385. The predicted molar refractivity (Wildman–Crippen MR) is 80.9 cm³/mol. The molecule has 0 amide bonds. The Balaban J connectivity index is 1.99. The van der Waals surface area contributed by atoms with Gasteiger partial charge in [0, 0.05) is 43.7 Å². The van der Waals surface area contributed by atoms with Crippen molar-refractivity contribution in [3.8, 4) is 0 Å². The zero-order chi connectivity index (χ0) is 15.0. The number of non-ortho nitro benzene ring substituents is 1. The highest BCUT2D eigenvalue weighted by Gasteiger charge is 2.19. The molecule has 1 aliphatic rings. The summed E-state index contributed by atoms with van der Waals surface area (Å²) >= 11 is 6.18. The number of nitrogens with zero attached hydrogens (tertiary/aromatic N) is 5. The van der Waals surface area contributed by atoms with E-state index in [0.29, 0.717) is 16.9 Å².